The first-order valence-corrected chi connectivity index (χ1v) is 7.05. The first-order chi connectivity index (χ1) is 11.1. The first-order valence-electron chi connectivity index (χ1n) is 6.68. The molecule has 1 N–H and O–H groups in total. The molecule has 3 rings (SSSR count). The maximum Gasteiger partial charge on any atom is 0.259 e. The molecule has 0 aliphatic rings. The standard InChI is InChI=1S/C15H11ClN6O/c1-9-19-13(10-3-2-6-17-7-10)21-15(20-9)22-14(23)11-4-5-12(16)18-8-11/h2-8H,1H3,(H,19,20,21,22,23). The fraction of sp³-hybridized carbons (Fsp3) is 0.0667. The van der Waals surface area contributed by atoms with Crippen molar-refractivity contribution in [3.05, 3.63) is 59.4 Å². The van der Waals surface area contributed by atoms with Gasteiger partial charge in [-0.15, -0.1) is 0 Å². The van der Waals surface area contributed by atoms with Gasteiger partial charge in [-0.2, -0.15) is 9.97 Å². The summed E-state index contributed by atoms with van der Waals surface area (Å²) in [5, 5.41) is 2.94. The fourth-order valence-electron chi connectivity index (χ4n) is 1.85. The average Bonchev–Trinajstić information content (AvgIpc) is 2.55. The van der Waals surface area contributed by atoms with Crippen LogP contribution in [0.1, 0.15) is 16.2 Å². The second-order valence-corrected chi connectivity index (χ2v) is 4.98. The lowest BCUT2D eigenvalue weighted by molar-refractivity contribution is 0.102. The summed E-state index contributed by atoms with van der Waals surface area (Å²) in [4.78, 5) is 32.7. The highest BCUT2D eigenvalue weighted by atomic mass is 35.5. The molecule has 0 aliphatic carbocycles. The number of amides is 1. The zero-order chi connectivity index (χ0) is 16.2. The van der Waals surface area contributed by atoms with E-state index in [0.29, 0.717) is 22.4 Å². The molecule has 0 radical (unpaired) electrons. The summed E-state index contributed by atoms with van der Waals surface area (Å²) >= 11 is 5.70. The van der Waals surface area contributed by atoms with Gasteiger partial charge in [-0.1, -0.05) is 11.6 Å². The lowest BCUT2D eigenvalue weighted by Crippen LogP contribution is -2.15. The molecule has 7 nitrogen and oxygen atoms in total. The van der Waals surface area contributed by atoms with E-state index in [-0.39, 0.29) is 11.9 Å². The minimum Gasteiger partial charge on any atom is -0.290 e. The first kappa shape index (κ1) is 15.0. The van der Waals surface area contributed by atoms with E-state index >= 15 is 0 Å². The molecule has 0 aromatic carbocycles. The Kier molecular flexibility index (Phi) is 4.20. The number of nitrogens with zero attached hydrogens (tertiary/aromatic N) is 5. The minimum atomic E-state index is -0.378. The Morgan fingerprint density at radius 2 is 2.00 bits per heavy atom. The highest BCUT2D eigenvalue weighted by Crippen LogP contribution is 2.15. The molecule has 0 unspecified atom stereocenters. The van der Waals surface area contributed by atoms with Crippen molar-refractivity contribution in [3.8, 4) is 11.4 Å². The Bertz CT molecular complexity index is 838. The fourth-order valence-corrected chi connectivity index (χ4v) is 1.96. The molecule has 0 spiro atoms. The van der Waals surface area contributed by atoms with Gasteiger partial charge in [-0.25, -0.2) is 9.97 Å². The molecule has 23 heavy (non-hydrogen) atoms. The van der Waals surface area contributed by atoms with Gasteiger partial charge in [0.1, 0.15) is 11.0 Å². The monoisotopic (exact) mass is 326 g/mol. The minimum absolute atomic E-state index is 0.163. The second-order valence-electron chi connectivity index (χ2n) is 4.60. The summed E-state index contributed by atoms with van der Waals surface area (Å²) in [5.41, 5.74) is 1.09. The van der Waals surface area contributed by atoms with Crippen LogP contribution >= 0.6 is 11.6 Å². The predicted molar refractivity (Wildman–Crippen MR) is 85.0 cm³/mol. The van der Waals surface area contributed by atoms with Gasteiger partial charge in [0.25, 0.3) is 5.91 Å². The van der Waals surface area contributed by atoms with Gasteiger partial charge < -0.3 is 0 Å². The van der Waals surface area contributed by atoms with E-state index in [2.05, 4.69) is 30.2 Å². The van der Waals surface area contributed by atoms with Crippen molar-refractivity contribution in [1.29, 1.82) is 0 Å². The van der Waals surface area contributed by atoms with Crippen LogP contribution in [0.4, 0.5) is 5.95 Å². The maximum absolute atomic E-state index is 12.2. The van der Waals surface area contributed by atoms with Gasteiger partial charge in [-0.05, 0) is 31.2 Å². The van der Waals surface area contributed by atoms with Crippen molar-refractivity contribution in [2.45, 2.75) is 6.92 Å². The molecular formula is C15H11ClN6O. The SMILES string of the molecule is Cc1nc(NC(=O)c2ccc(Cl)nc2)nc(-c2cccnc2)n1. The Labute approximate surface area is 136 Å². The van der Waals surface area contributed by atoms with Crippen molar-refractivity contribution in [2.24, 2.45) is 0 Å². The Morgan fingerprint density at radius 3 is 2.70 bits per heavy atom. The summed E-state index contributed by atoms with van der Waals surface area (Å²) in [7, 11) is 0. The Balaban J connectivity index is 1.87. The molecule has 1 amide bonds. The second kappa shape index (κ2) is 6.45. The van der Waals surface area contributed by atoms with Crippen LogP contribution in [0.15, 0.2) is 42.9 Å². The van der Waals surface area contributed by atoms with E-state index in [9.17, 15) is 4.79 Å². The highest BCUT2D eigenvalue weighted by Gasteiger charge is 2.11. The number of aryl methyl sites for hydroxylation is 1. The maximum atomic E-state index is 12.2. The summed E-state index contributed by atoms with van der Waals surface area (Å²) in [6, 6.07) is 6.72. The van der Waals surface area contributed by atoms with Crippen molar-refractivity contribution in [2.75, 3.05) is 5.32 Å². The van der Waals surface area contributed by atoms with E-state index in [1.165, 1.54) is 12.3 Å². The molecule has 0 fully saturated rings. The van der Waals surface area contributed by atoms with E-state index in [0.717, 1.165) is 5.56 Å². The van der Waals surface area contributed by atoms with Gasteiger partial charge >= 0.3 is 0 Å². The van der Waals surface area contributed by atoms with E-state index < -0.39 is 0 Å². The lowest BCUT2D eigenvalue weighted by Gasteiger charge is -2.06. The van der Waals surface area contributed by atoms with Gasteiger partial charge in [0.05, 0.1) is 5.56 Å². The molecular weight excluding hydrogens is 316 g/mol. The van der Waals surface area contributed by atoms with Gasteiger partial charge in [0, 0.05) is 24.2 Å². The van der Waals surface area contributed by atoms with Crippen LogP contribution in [-0.2, 0) is 0 Å². The number of carbonyl (C=O) groups is 1. The molecule has 8 heteroatoms. The van der Waals surface area contributed by atoms with E-state index in [1.54, 1.807) is 31.5 Å². The zero-order valence-corrected chi connectivity index (χ0v) is 12.8. The predicted octanol–water partition coefficient (Wildman–Crippen LogP) is 2.54. The third-order valence-corrected chi connectivity index (χ3v) is 3.11. The number of nitrogens with one attached hydrogen (secondary N) is 1. The van der Waals surface area contributed by atoms with Gasteiger partial charge in [-0.3, -0.25) is 15.1 Å². The lowest BCUT2D eigenvalue weighted by atomic mass is 10.2. The quantitative estimate of drug-likeness (QED) is 0.743. The number of halogens is 1. The van der Waals surface area contributed by atoms with Crippen molar-refractivity contribution < 1.29 is 4.79 Å². The third kappa shape index (κ3) is 3.64. The number of hydrogen-bond acceptors (Lipinski definition) is 6. The number of pyridine rings is 2. The largest absolute Gasteiger partial charge is 0.290 e. The number of rotatable bonds is 3. The zero-order valence-electron chi connectivity index (χ0n) is 12.1. The smallest absolute Gasteiger partial charge is 0.259 e. The molecule has 3 aromatic heterocycles. The van der Waals surface area contributed by atoms with E-state index in [1.807, 2.05) is 6.07 Å². The van der Waals surface area contributed by atoms with Gasteiger partial charge in [0.15, 0.2) is 5.82 Å². The summed E-state index contributed by atoms with van der Waals surface area (Å²) < 4.78 is 0. The normalized spacial score (nSPS) is 10.3. The van der Waals surface area contributed by atoms with Crippen molar-refractivity contribution >= 4 is 23.5 Å². The summed E-state index contributed by atoms with van der Waals surface area (Å²) in [6.45, 7) is 1.72. The number of carbonyl (C=O) groups excluding carboxylic acids is 1. The summed E-state index contributed by atoms with van der Waals surface area (Å²) in [6.07, 6.45) is 4.69. The Hall–Kier alpha value is -2.93. The topological polar surface area (TPSA) is 93.6 Å². The van der Waals surface area contributed by atoms with Crippen LogP contribution in [0, 0.1) is 6.92 Å². The molecule has 0 atom stereocenters. The van der Waals surface area contributed by atoms with Crippen LogP contribution in [0.3, 0.4) is 0 Å². The molecule has 114 valence electrons. The van der Waals surface area contributed by atoms with E-state index in [4.69, 9.17) is 11.6 Å². The molecule has 3 aromatic rings. The van der Waals surface area contributed by atoms with Crippen LogP contribution < -0.4 is 5.32 Å². The highest BCUT2D eigenvalue weighted by molar-refractivity contribution is 6.29. The molecule has 0 saturated heterocycles. The van der Waals surface area contributed by atoms with Crippen LogP contribution in [0.5, 0.6) is 0 Å². The van der Waals surface area contributed by atoms with Crippen molar-refractivity contribution in [3.63, 3.8) is 0 Å². The van der Waals surface area contributed by atoms with Crippen LogP contribution in [0.25, 0.3) is 11.4 Å². The van der Waals surface area contributed by atoms with Gasteiger partial charge in [0.2, 0.25) is 5.95 Å². The number of hydrogen-bond donors (Lipinski definition) is 1. The molecule has 3 heterocycles. The van der Waals surface area contributed by atoms with Crippen LogP contribution in [0.2, 0.25) is 5.15 Å². The third-order valence-electron chi connectivity index (χ3n) is 2.88. The number of aromatic nitrogens is 5. The van der Waals surface area contributed by atoms with Crippen LogP contribution in [-0.4, -0.2) is 30.8 Å². The number of anilines is 1. The molecule has 0 saturated carbocycles. The average molecular weight is 327 g/mol. The molecule has 0 bridgehead atoms. The van der Waals surface area contributed by atoms with Crippen molar-refractivity contribution in [1.82, 2.24) is 24.9 Å². The summed E-state index contributed by atoms with van der Waals surface area (Å²) in [5.74, 6) is 0.715. The molecule has 0 aliphatic heterocycles. The Morgan fingerprint density at radius 1 is 1.13 bits per heavy atom.